The van der Waals surface area contributed by atoms with Gasteiger partial charge >= 0.3 is 11.8 Å². The molecule has 0 aliphatic rings. The number of thiophene rings is 1. The molecule has 0 fully saturated rings. The molecule has 116 valence electrons. The maximum Gasteiger partial charge on any atom is 0.313 e. The van der Waals surface area contributed by atoms with Crippen LogP contribution in [0.5, 0.6) is 0 Å². The quantitative estimate of drug-likeness (QED) is 0.833. The van der Waals surface area contributed by atoms with Gasteiger partial charge in [0.1, 0.15) is 0 Å². The molecule has 1 heterocycles. The molecule has 0 aliphatic heterocycles. The Kier molecular flexibility index (Phi) is 5.68. The number of carbonyl (C=O) groups excluding carboxylic acids is 2. The summed E-state index contributed by atoms with van der Waals surface area (Å²) in [5, 5.41) is 9.02. The van der Waals surface area contributed by atoms with E-state index in [4.69, 9.17) is 4.74 Å². The lowest BCUT2D eigenvalue weighted by molar-refractivity contribution is -0.136. The second-order valence-electron chi connectivity index (χ2n) is 4.77. The molecule has 22 heavy (non-hydrogen) atoms. The Morgan fingerprint density at radius 2 is 2.09 bits per heavy atom. The van der Waals surface area contributed by atoms with Gasteiger partial charge in [0.15, 0.2) is 0 Å². The summed E-state index contributed by atoms with van der Waals surface area (Å²) in [7, 11) is 1.62. The van der Waals surface area contributed by atoms with Crippen LogP contribution in [0.4, 0.5) is 5.69 Å². The van der Waals surface area contributed by atoms with Crippen molar-refractivity contribution in [3.8, 4) is 0 Å². The number of amides is 2. The van der Waals surface area contributed by atoms with Crippen molar-refractivity contribution in [2.45, 2.75) is 19.6 Å². The summed E-state index contributed by atoms with van der Waals surface area (Å²) in [4.78, 5) is 23.6. The summed E-state index contributed by atoms with van der Waals surface area (Å²) in [5.41, 5.74) is 2.47. The predicted octanol–water partition coefficient (Wildman–Crippen LogP) is 2.71. The minimum atomic E-state index is -0.683. The standard InChI is InChI=1S/C16H18N2O3S/c1-11(21-2)13-4-3-5-14(8-13)18-16(20)15(19)17-9-12-6-7-22-10-12/h3-8,10-11H,9H2,1-2H3,(H,17,19)(H,18,20)/t11-/m0/s1. The van der Waals surface area contributed by atoms with E-state index in [0.29, 0.717) is 12.2 Å². The van der Waals surface area contributed by atoms with Crippen molar-refractivity contribution >= 4 is 28.8 Å². The molecule has 1 atom stereocenters. The molecule has 0 aliphatic carbocycles. The van der Waals surface area contributed by atoms with Crippen LogP contribution >= 0.6 is 11.3 Å². The fourth-order valence-corrected chi connectivity index (χ4v) is 2.52. The number of hydrogen-bond donors (Lipinski definition) is 2. The summed E-state index contributed by atoms with van der Waals surface area (Å²) in [6.07, 6.45) is -0.0794. The number of benzene rings is 1. The first-order chi connectivity index (χ1) is 10.6. The van der Waals surface area contributed by atoms with E-state index in [0.717, 1.165) is 11.1 Å². The van der Waals surface area contributed by atoms with Crippen LogP contribution in [0.3, 0.4) is 0 Å². The molecule has 0 bridgehead atoms. The normalized spacial score (nSPS) is 11.7. The molecule has 0 spiro atoms. The number of hydrogen-bond acceptors (Lipinski definition) is 4. The smallest absolute Gasteiger partial charge is 0.313 e. The van der Waals surface area contributed by atoms with Gasteiger partial charge < -0.3 is 15.4 Å². The van der Waals surface area contributed by atoms with Crippen molar-refractivity contribution in [1.29, 1.82) is 0 Å². The third-order valence-electron chi connectivity index (χ3n) is 3.21. The van der Waals surface area contributed by atoms with Crippen LogP contribution in [0.25, 0.3) is 0 Å². The molecular weight excluding hydrogens is 300 g/mol. The predicted molar refractivity (Wildman–Crippen MR) is 86.7 cm³/mol. The van der Waals surface area contributed by atoms with Gasteiger partial charge in [-0.3, -0.25) is 9.59 Å². The van der Waals surface area contributed by atoms with Gasteiger partial charge in [-0.05, 0) is 47.0 Å². The average Bonchev–Trinajstić information content (AvgIpc) is 3.05. The Bertz CT molecular complexity index is 641. The Morgan fingerprint density at radius 1 is 1.27 bits per heavy atom. The van der Waals surface area contributed by atoms with Crippen molar-refractivity contribution in [1.82, 2.24) is 5.32 Å². The zero-order chi connectivity index (χ0) is 15.9. The molecule has 5 nitrogen and oxygen atoms in total. The van der Waals surface area contributed by atoms with E-state index in [2.05, 4.69) is 10.6 Å². The van der Waals surface area contributed by atoms with Gasteiger partial charge in [0.05, 0.1) is 6.10 Å². The molecule has 2 aromatic rings. The van der Waals surface area contributed by atoms with Crippen molar-refractivity contribution in [3.63, 3.8) is 0 Å². The molecule has 0 unspecified atom stereocenters. The fraction of sp³-hybridized carbons (Fsp3) is 0.250. The van der Waals surface area contributed by atoms with Crippen molar-refractivity contribution in [2.75, 3.05) is 12.4 Å². The molecule has 0 saturated heterocycles. The van der Waals surface area contributed by atoms with Gasteiger partial charge in [-0.25, -0.2) is 0 Å². The average molecular weight is 318 g/mol. The van der Waals surface area contributed by atoms with Crippen molar-refractivity contribution < 1.29 is 14.3 Å². The first-order valence-corrected chi connectivity index (χ1v) is 7.77. The zero-order valence-corrected chi connectivity index (χ0v) is 13.3. The topological polar surface area (TPSA) is 67.4 Å². The number of anilines is 1. The van der Waals surface area contributed by atoms with Crippen LogP contribution < -0.4 is 10.6 Å². The molecule has 1 aromatic heterocycles. The summed E-state index contributed by atoms with van der Waals surface area (Å²) in [6, 6.07) is 9.14. The van der Waals surface area contributed by atoms with Gasteiger partial charge in [-0.1, -0.05) is 12.1 Å². The van der Waals surface area contributed by atoms with Crippen LogP contribution in [-0.4, -0.2) is 18.9 Å². The Labute approximate surface area is 133 Å². The maximum absolute atomic E-state index is 11.9. The molecule has 0 saturated carbocycles. The van der Waals surface area contributed by atoms with Crippen LogP contribution in [-0.2, 0) is 20.9 Å². The first kappa shape index (κ1) is 16.2. The highest BCUT2D eigenvalue weighted by Crippen LogP contribution is 2.19. The summed E-state index contributed by atoms with van der Waals surface area (Å²) >= 11 is 1.54. The summed E-state index contributed by atoms with van der Waals surface area (Å²) in [6.45, 7) is 2.25. The van der Waals surface area contributed by atoms with Crippen LogP contribution in [0.1, 0.15) is 24.2 Å². The van der Waals surface area contributed by atoms with Crippen molar-refractivity contribution in [3.05, 3.63) is 52.2 Å². The van der Waals surface area contributed by atoms with Crippen LogP contribution in [0.2, 0.25) is 0 Å². The summed E-state index contributed by atoms with van der Waals surface area (Å²) in [5.74, 6) is -1.34. The number of carbonyl (C=O) groups is 2. The second-order valence-corrected chi connectivity index (χ2v) is 5.55. The second kappa shape index (κ2) is 7.72. The highest BCUT2D eigenvalue weighted by Gasteiger charge is 2.14. The SMILES string of the molecule is CO[C@@H](C)c1cccc(NC(=O)C(=O)NCc2ccsc2)c1. The molecule has 1 aromatic carbocycles. The molecule has 0 radical (unpaired) electrons. The minimum absolute atomic E-state index is 0.0794. The first-order valence-electron chi connectivity index (χ1n) is 6.83. The monoisotopic (exact) mass is 318 g/mol. The summed E-state index contributed by atoms with van der Waals surface area (Å²) < 4.78 is 5.23. The van der Waals surface area contributed by atoms with Gasteiger partial charge in [0, 0.05) is 19.3 Å². The lowest BCUT2D eigenvalue weighted by Crippen LogP contribution is -2.34. The van der Waals surface area contributed by atoms with Gasteiger partial charge in [-0.15, -0.1) is 0 Å². The van der Waals surface area contributed by atoms with Gasteiger partial charge in [-0.2, -0.15) is 11.3 Å². The van der Waals surface area contributed by atoms with E-state index >= 15 is 0 Å². The maximum atomic E-state index is 11.9. The fourth-order valence-electron chi connectivity index (χ4n) is 1.85. The number of rotatable bonds is 5. The highest BCUT2D eigenvalue weighted by molar-refractivity contribution is 7.07. The minimum Gasteiger partial charge on any atom is -0.377 e. The van der Waals surface area contributed by atoms with Crippen molar-refractivity contribution in [2.24, 2.45) is 0 Å². The van der Waals surface area contributed by atoms with E-state index in [1.54, 1.807) is 30.6 Å². The molecule has 2 amide bonds. The van der Waals surface area contributed by atoms with Crippen LogP contribution in [0, 0.1) is 0 Å². The molecular formula is C16H18N2O3S. The Hall–Kier alpha value is -2.18. The Morgan fingerprint density at radius 3 is 2.77 bits per heavy atom. The van der Waals surface area contributed by atoms with Gasteiger partial charge in [0.2, 0.25) is 0 Å². The van der Waals surface area contributed by atoms with E-state index in [-0.39, 0.29) is 6.10 Å². The third-order valence-corrected chi connectivity index (χ3v) is 3.94. The van der Waals surface area contributed by atoms with E-state index in [9.17, 15) is 9.59 Å². The number of nitrogens with one attached hydrogen (secondary N) is 2. The molecule has 2 N–H and O–H groups in total. The van der Waals surface area contributed by atoms with E-state index in [1.165, 1.54) is 0 Å². The Balaban J connectivity index is 1.92. The van der Waals surface area contributed by atoms with Gasteiger partial charge in [0.25, 0.3) is 0 Å². The zero-order valence-electron chi connectivity index (χ0n) is 12.5. The van der Waals surface area contributed by atoms with Crippen LogP contribution in [0.15, 0.2) is 41.1 Å². The van der Waals surface area contributed by atoms with E-state index in [1.807, 2.05) is 35.9 Å². The number of ether oxygens (including phenoxy) is 1. The lowest BCUT2D eigenvalue weighted by Gasteiger charge is -2.12. The molecule has 6 heteroatoms. The highest BCUT2D eigenvalue weighted by atomic mass is 32.1. The number of methoxy groups -OCH3 is 1. The lowest BCUT2D eigenvalue weighted by atomic mass is 10.1. The third kappa shape index (κ3) is 4.41. The largest absolute Gasteiger partial charge is 0.377 e. The van der Waals surface area contributed by atoms with E-state index < -0.39 is 11.8 Å². The molecule has 2 rings (SSSR count).